The van der Waals surface area contributed by atoms with Crippen LogP contribution in [-0.2, 0) is 35.0 Å². The van der Waals surface area contributed by atoms with Gasteiger partial charge in [0.1, 0.15) is 6.04 Å². The lowest BCUT2D eigenvalue weighted by molar-refractivity contribution is -0.147. The lowest BCUT2D eigenvalue weighted by atomic mass is 9.89. The van der Waals surface area contributed by atoms with Crippen molar-refractivity contribution in [2.45, 2.75) is 129 Å². The molecule has 1 aromatic carbocycles. The van der Waals surface area contributed by atoms with Crippen molar-refractivity contribution in [2.24, 2.45) is 17.8 Å². The molecule has 0 spiro atoms. The minimum atomic E-state index is -0.781. The van der Waals surface area contributed by atoms with E-state index in [0.717, 1.165) is 18.4 Å². The number of aliphatic hydroxyl groups is 1. The molecule has 2 heterocycles. The molecule has 1 aromatic rings. The zero-order chi connectivity index (χ0) is 39.4. The molecule has 0 aromatic heterocycles. The fraction of sp³-hybridized carbons (Fsp3) is 0.750. The van der Waals surface area contributed by atoms with Gasteiger partial charge in [0.05, 0.1) is 61.5 Å². The standard InChI is InChI=1S/C40H67N5O8/c1-11-26(4)36(43(8)39(49)35(25(2)3)42-40(50)44-22-27(5)53-28(6)23-44)33(51-9)21-34(47)45-19-15-18-32(45)37(52-10)29(7)38(48)41-31(24-46)20-30-16-13-12-14-17-30/h12-14,16-17,25-29,31-33,35-37,46H,11,15,18-24H2,1-10H3,(H,41,48)(H,42,50)/t26-,27-,28-,29+,31?,32?,33+,35?,36-,37+/m0/s1. The van der Waals surface area contributed by atoms with Gasteiger partial charge in [0, 0.05) is 40.9 Å². The first-order chi connectivity index (χ1) is 25.2. The number of morpholine rings is 1. The van der Waals surface area contributed by atoms with Crippen LogP contribution < -0.4 is 10.6 Å². The summed E-state index contributed by atoms with van der Waals surface area (Å²) in [5, 5.41) is 16.0. The van der Waals surface area contributed by atoms with Gasteiger partial charge in [0.2, 0.25) is 17.7 Å². The summed E-state index contributed by atoms with van der Waals surface area (Å²) in [7, 11) is 4.85. The van der Waals surface area contributed by atoms with E-state index in [1.807, 2.05) is 71.9 Å². The summed E-state index contributed by atoms with van der Waals surface area (Å²) < 4.78 is 17.7. The molecule has 53 heavy (non-hydrogen) atoms. The summed E-state index contributed by atoms with van der Waals surface area (Å²) in [6.07, 6.45) is 1.30. The van der Waals surface area contributed by atoms with Crippen molar-refractivity contribution in [3.8, 4) is 0 Å². The number of nitrogens with zero attached hydrogens (tertiary/aromatic N) is 3. The summed E-state index contributed by atoms with van der Waals surface area (Å²) >= 11 is 0. The number of nitrogens with one attached hydrogen (secondary N) is 2. The second kappa shape index (κ2) is 21.0. The van der Waals surface area contributed by atoms with Gasteiger partial charge in [-0.3, -0.25) is 14.4 Å². The zero-order valence-corrected chi connectivity index (χ0v) is 33.7. The molecule has 0 bridgehead atoms. The van der Waals surface area contributed by atoms with Gasteiger partial charge >= 0.3 is 6.03 Å². The van der Waals surface area contributed by atoms with Gasteiger partial charge in [-0.1, -0.05) is 71.4 Å². The molecule has 3 N–H and O–H groups in total. The Balaban J connectivity index is 1.74. The van der Waals surface area contributed by atoms with Crippen LogP contribution in [0, 0.1) is 17.8 Å². The first kappa shape index (κ1) is 44.1. The Hall–Kier alpha value is -3.26. The number of carbonyl (C=O) groups is 4. The topological polar surface area (TPSA) is 150 Å². The van der Waals surface area contributed by atoms with Crippen LogP contribution in [0.3, 0.4) is 0 Å². The molecule has 0 saturated carbocycles. The van der Waals surface area contributed by atoms with Gasteiger partial charge in [-0.05, 0) is 50.5 Å². The van der Waals surface area contributed by atoms with Gasteiger partial charge in [-0.15, -0.1) is 0 Å². The average Bonchev–Trinajstić information content (AvgIpc) is 3.62. The molecule has 300 valence electrons. The Bertz CT molecular complexity index is 1310. The summed E-state index contributed by atoms with van der Waals surface area (Å²) in [5.41, 5.74) is 1.01. The molecule has 10 atom stereocenters. The molecular weight excluding hydrogens is 678 g/mol. The highest BCUT2D eigenvalue weighted by atomic mass is 16.5. The zero-order valence-electron chi connectivity index (χ0n) is 33.7. The monoisotopic (exact) mass is 745 g/mol. The fourth-order valence-corrected chi connectivity index (χ4v) is 8.00. The van der Waals surface area contributed by atoms with E-state index in [1.165, 1.54) is 0 Å². The number of carbonyl (C=O) groups excluding carboxylic acids is 4. The Morgan fingerprint density at radius 2 is 1.64 bits per heavy atom. The number of likely N-dealkylation sites (N-methyl/N-ethyl adjacent to an activating group) is 1. The van der Waals surface area contributed by atoms with Crippen LogP contribution in [0.5, 0.6) is 0 Å². The highest BCUT2D eigenvalue weighted by Gasteiger charge is 2.43. The Labute approximate surface area is 317 Å². The lowest BCUT2D eigenvalue weighted by Gasteiger charge is -2.41. The number of aliphatic hydroxyl groups excluding tert-OH is 1. The second-order valence-electron chi connectivity index (χ2n) is 15.5. The molecule has 13 heteroatoms. The maximum atomic E-state index is 14.2. The van der Waals surface area contributed by atoms with Crippen molar-refractivity contribution in [3.63, 3.8) is 0 Å². The highest BCUT2D eigenvalue weighted by Crippen LogP contribution is 2.30. The first-order valence-corrected chi connectivity index (χ1v) is 19.4. The van der Waals surface area contributed by atoms with Gasteiger partial charge in [-0.25, -0.2) is 4.79 Å². The van der Waals surface area contributed by atoms with Crippen LogP contribution in [-0.4, -0.2) is 140 Å². The van der Waals surface area contributed by atoms with Crippen molar-refractivity contribution in [3.05, 3.63) is 35.9 Å². The molecule has 2 fully saturated rings. The summed E-state index contributed by atoms with van der Waals surface area (Å²) in [4.78, 5) is 60.4. The van der Waals surface area contributed by atoms with Crippen LogP contribution in [0.4, 0.5) is 4.79 Å². The molecule has 5 amide bonds. The summed E-state index contributed by atoms with van der Waals surface area (Å²) in [6.45, 7) is 14.7. The first-order valence-electron chi connectivity index (χ1n) is 19.4. The van der Waals surface area contributed by atoms with E-state index in [4.69, 9.17) is 14.2 Å². The molecule has 0 aliphatic carbocycles. The third-order valence-electron chi connectivity index (χ3n) is 11.1. The van der Waals surface area contributed by atoms with Crippen LogP contribution in [0.15, 0.2) is 30.3 Å². The van der Waals surface area contributed by atoms with E-state index in [9.17, 15) is 24.3 Å². The Morgan fingerprint density at radius 1 is 1.00 bits per heavy atom. The SMILES string of the molecule is CC[C@H](C)[C@@H]([C@@H](CC(=O)N1CCCC1[C@H](OC)[C@@H](C)C(=O)NC(CO)Cc1ccccc1)OC)N(C)C(=O)C(NC(=O)N1C[C@H](C)O[C@@H](C)C1)C(C)C. The van der Waals surface area contributed by atoms with E-state index in [2.05, 4.69) is 10.6 Å². The van der Waals surface area contributed by atoms with Gasteiger partial charge in [0.15, 0.2) is 0 Å². The Kier molecular flexibility index (Phi) is 17.5. The van der Waals surface area contributed by atoms with Crippen molar-refractivity contribution in [1.29, 1.82) is 0 Å². The van der Waals surface area contributed by atoms with E-state index < -0.39 is 36.3 Å². The van der Waals surface area contributed by atoms with Crippen LogP contribution in [0.1, 0.15) is 79.7 Å². The van der Waals surface area contributed by atoms with Gasteiger partial charge in [0.25, 0.3) is 0 Å². The van der Waals surface area contributed by atoms with Crippen LogP contribution in [0.25, 0.3) is 0 Å². The molecule has 2 saturated heterocycles. The van der Waals surface area contributed by atoms with Crippen molar-refractivity contribution in [2.75, 3.05) is 47.5 Å². The molecule has 2 aliphatic rings. The summed E-state index contributed by atoms with van der Waals surface area (Å²) in [5.74, 6) is -1.43. The third-order valence-corrected chi connectivity index (χ3v) is 11.1. The van der Waals surface area contributed by atoms with E-state index in [1.54, 1.807) is 42.9 Å². The Morgan fingerprint density at radius 3 is 2.19 bits per heavy atom. The van der Waals surface area contributed by atoms with Crippen molar-refractivity contribution < 1.29 is 38.5 Å². The minimum Gasteiger partial charge on any atom is -0.394 e. The minimum absolute atomic E-state index is 0.0219. The number of amides is 5. The normalized spacial score (nSPS) is 23.1. The molecule has 3 rings (SSSR count). The molecule has 2 aliphatic heterocycles. The molecule has 0 radical (unpaired) electrons. The molecule has 13 nitrogen and oxygen atoms in total. The molecular formula is C40H67N5O8. The van der Waals surface area contributed by atoms with Crippen molar-refractivity contribution in [1.82, 2.24) is 25.3 Å². The van der Waals surface area contributed by atoms with E-state index in [0.29, 0.717) is 32.5 Å². The lowest BCUT2D eigenvalue weighted by Crippen LogP contribution is -2.60. The van der Waals surface area contributed by atoms with Gasteiger partial charge in [-0.2, -0.15) is 0 Å². The quantitative estimate of drug-likeness (QED) is 0.207. The third kappa shape index (κ3) is 11.9. The highest BCUT2D eigenvalue weighted by molar-refractivity contribution is 5.87. The average molecular weight is 746 g/mol. The number of hydrogen-bond donors (Lipinski definition) is 3. The number of urea groups is 1. The number of rotatable bonds is 18. The number of likely N-dealkylation sites (tertiary alicyclic amines) is 1. The number of methoxy groups -OCH3 is 2. The fourth-order valence-electron chi connectivity index (χ4n) is 8.00. The van der Waals surface area contributed by atoms with Crippen molar-refractivity contribution >= 4 is 23.8 Å². The number of benzene rings is 1. The smallest absolute Gasteiger partial charge is 0.318 e. The predicted molar refractivity (Wildman–Crippen MR) is 204 cm³/mol. The largest absolute Gasteiger partial charge is 0.394 e. The predicted octanol–water partition coefficient (Wildman–Crippen LogP) is 3.47. The van der Waals surface area contributed by atoms with E-state index >= 15 is 0 Å². The molecule has 3 unspecified atom stereocenters. The maximum absolute atomic E-state index is 14.2. The number of hydrogen-bond acceptors (Lipinski definition) is 8. The maximum Gasteiger partial charge on any atom is 0.318 e. The van der Waals surface area contributed by atoms with Crippen LogP contribution >= 0.6 is 0 Å². The second-order valence-corrected chi connectivity index (χ2v) is 15.5. The number of ether oxygens (including phenoxy) is 3. The summed E-state index contributed by atoms with van der Waals surface area (Å²) in [6, 6.07) is 7.36. The van der Waals surface area contributed by atoms with Crippen LogP contribution in [0.2, 0.25) is 0 Å². The van der Waals surface area contributed by atoms with E-state index in [-0.39, 0.29) is 66.9 Å². The van der Waals surface area contributed by atoms with Gasteiger partial charge < -0.3 is 44.7 Å².